The molecule has 3 N–H and O–H groups in total. The van der Waals surface area contributed by atoms with Gasteiger partial charge in [-0.3, -0.25) is 4.79 Å². The van der Waals surface area contributed by atoms with E-state index in [1.54, 1.807) is 0 Å². The molecule has 3 rings (SSSR count). The first kappa shape index (κ1) is 17.4. The van der Waals surface area contributed by atoms with Crippen LogP contribution in [0.15, 0.2) is 24.3 Å². The van der Waals surface area contributed by atoms with Gasteiger partial charge in [-0.05, 0) is 56.8 Å². The summed E-state index contributed by atoms with van der Waals surface area (Å²) in [4.78, 5) is 14.8. The van der Waals surface area contributed by atoms with E-state index in [4.69, 9.17) is 10.5 Å². The maximum absolute atomic E-state index is 12.5. The zero-order valence-electron chi connectivity index (χ0n) is 14.8. The third-order valence-electron chi connectivity index (χ3n) is 5.77. The van der Waals surface area contributed by atoms with Crippen molar-refractivity contribution in [1.29, 1.82) is 0 Å². The van der Waals surface area contributed by atoms with E-state index in [0.29, 0.717) is 19.8 Å². The number of likely N-dealkylation sites (N-methyl/N-ethyl adjacent to an activating group) is 1. The van der Waals surface area contributed by atoms with Crippen LogP contribution < -0.4 is 11.1 Å². The summed E-state index contributed by atoms with van der Waals surface area (Å²) >= 11 is 0. The van der Waals surface area contributed by atoms with Crippen molar-refractivity contribution in [2.75, 3.05) is 33.9 Å². The van der Waals surface area contributed by atoms with E-state index in [1.165, 1.54) is 11.1 Å². The van der Waals surface area contributed by atoms with Gasteiger partial charge in [-0.2, -0.15) is 0 Å². The molecule has 0 spiro atoms. The molecule has 1 unspecified atom stereocenters. The van der Waals surface area contributed by atoms with Crippen LogP contribution in [0.2, 0.25) is 0 Å². The fourth-order valence-corrected chi connectivity index (χ4v) is 3.93. The molecule has 132 valence electrons. The lowest BCUT2D eigenvalue weighted by atomic mass is 9.90. The molecule has 1 atom stereocenters. The average Bonchev–Trinajstić information content (AvgIpc) is 3.00. The molecule has 0 aromatic heterocycles. The minimum absolute atomic E-state index is 0.0286. The smallest absolute Gasteiger partial charge is 0.237 e. The van der Waals surface area contributed by atoms with E-state index in [-0.39, 0.29) is 17.4 Å². The van der Waals surface area contributed by atoms with E-state index in [0.717, 1.165) is 25.7 Å². The van der Waals surface area contributed by atoms with Gasteiger partial charge in [0.15, 0.2) is 0 Å². The quantitative estimate of drug-likeness (QED) is 0.843. The molecule has 24 heavy (non-hydrogen) atoms. The van der Waals surface area contributed by atoms with E-state index in [9.17, 15) is 4.79 Å². The fourth-order valence-electron chi connectivity index (χ4n) is 3.93. The SMILES string of the molecule is CN(C)C1(CNC(=O)C(N)C2CCOCC2)Cc2ccccc2C1. The Balaban J connectivity index is 1.62. The van der Waals surface area contributed by atoms with Crippen molar-refractivity contribution in [3.05, 3.63) is 35.4 Å². The summed E-state index contributed by atoms with van der Waals surface area (Å²) in [5, 5.41) is 3.13. The Labute approximate surface area is 144 Å². The van der Waals surface area contributed by atoms with Crippen LogP contribution in [0, 0.1) is 5.92 Å². The number of benzene rings is 1. The number of rotatable bonds is 5. The van der Waals surface area contributed by atoms with Crippen molar-refractivity contribution >= 4 is 5.91 Å². The molecule has 0 radical (unpaired) electrons. The summed E-state index contributed by atoms with van der Waals surface area (Å²) in [6.45, 7) is 2.05. The summed E-state index contributed by atoms with van der Waals surface area (Å²) in [6, 6.07) is 8.12. The summed E-state index contributed by atoms with van der Waals surface area (Å²) < 4.78 is 5.36. The van der Waals surface area contributed by atoms with Crippen molar-refractivity contribution < 1.29 is 9.53 Å². The summed E-state index contributed by atoms with van der Waals surface area (Å²) in [5.74, 6) is 0.203. The second-order valence-corrected chi connectivity index (χ2v) is 7.43. The molecule has 1 heterocycles. The summed E-state index contributed by atoms with van der Waals surface area (Å²) in [6.07, 6.45) is 3.67. The van der Waals surface area contributed by atoms with Gasteiger partial charge in [0.1, 0.15) is 0 Å². The van der Waals surface area contributed by atoms with Crippen LogP contribution in [0.25, 0.3) is 0 Å². The van der Waals surface area contributed by atoms with Gasteiger partial charge in [0.2, 0.25) is 5.91 Å². The maximum Gasteiger partial charge on any atom is 0.237 e. The Morgan fingerprint density at radius 2 is 1.88 bits per heavy atom. The molecular formula is C19H29N3O2. The number of nitrogens with zero attached hydrogens (tertiary/aromatic N) is 1. The topological polar surface area (TPSA) is 67.6 Å². The number of hydrogen-bond acceptors (Lipinski definition) is 4. The van der Waals surface area contributed by atoms with Crippen LogP contribution in [0.5, 0.6) is 0 Å². The fraction of sp³-hybridized carbons (Fsp3) is 0.632. The normalized spacial score (nSPS) is 21.5. The predicted octanol–water partition coefficient (Wildman–Crippen LogP) is 0.956. The molecule has 5 heteroatoms. The first-order valence-electron chi connectivity index (χ1n) is 8.87. The Kier molecular flexibility index (Phi) is 5.23. The molecule has 1 aromatic carbocycles. The average molecular weight is 331 g/mol. The van der Waals surface area contributed by atoms with E-state index in [2.05, 4.69) is 48.6 Å². The zero-order valence-corrected chi connectivity index (χ0v) is 14.8. The second kappa shape index (κ2) is 7.21. The van der Waals surface area contributed by atoms with E-state index >= 15 is 0 Å². The van der Waals surface area contributed by atoms with Gasteiger partial charge < -0.3 is 20.7 Å². The van der Waals surface area contributed by atoms with Crippen molar-refractivity contribution in [2.45, 2.75) is 37.3 Å². The number of carbonyl (C=O) groups excluding carboxylic acids is 1. The number of nitrogens with one attached hydrogen (secondary N) is 1. The van der Waals surface area contributed by atoms with Crippen LogP contribution in [-0.4, -0.2) is 56.2 Å². The summed E-state index contributed by atoms with van der Waals surface area (Å²) in [7, 11) is 4.19. The molecule has 1 saturated heterocycles. The largest absolute Gasteiger partial charge is 0.381 e. The molecular weight excluding hydrogens is 302 g/mol. The van der Waals surface area contributed by atoms with Gasteiger partial charge in [-0.1, -0.05) is 24.3 Å². The van der Waals surface area contributed by atoms with Crippen molar-refractivity contribution in [2.24, 2.45) is 11.7 Å². The minimum atomic E-state index is -0.433. The third-order valence-corrected chi connectivity index (χ3v) is 5.77. The number of carbonyl (C=O) groups is 1. The lowest BCUT2D eigenvalue weighted by Gasteiger charge is -2.37. The molecule has 1 fully saturated rings. The van der Waals surface area contributed by atoms with Crippen LogP contribution >= 0.6 is 0 Å². The number of fused-ring (bicyclic) bond motifs is 1. The van der Waals surface area contributed by atoms with Gasteiger partial charge in [-0.25, -0.2) is 0 Å². The highest BCUT2D eigenvalue weighted by atomic mass is 16.5. The number of hydrogen-bond donors (Lipinski definition) is 2. The number of ether oxygens (including phenoxy) is 1. The molecule has 1 aliphatic carbocycles. The second-order valence-electron chi connectivity index (χ2n) is 7.43. The molecule has 0 saturated carbocycles. The monoisotopic (exact) mass is 331 g/mol. The molecule has 2 aliphatic rings. The molecule has 1 aromatic rings. The van der Waals surface area contributed by atoms with Gasteiger partial charge in [-0.15, -0.1) is 0 Å². The molecule has 1 aliphatic heterocycles. The minimum Gasteiger partial charge on any atom is -0.381 e. The first-order valence-corrected chi connectivity index (χ1v) is 8.87. The van der Waals surface area contributed by atoms with Crippen LogP contribution in [0.3, 0.4) is 0 Å². The zero-order chi connectivity index (χ0) is 17.2. The Morgan fingerprint density at radius 1 is 1.29 bits per heavy atom. The highest BCUT2D eigenvalue weighted by molar-refractivity contribution is 5.82. The van der Waals surface area contributed by atoms with E-state index in [1.807, 2.05) is 0 Å². The predicted molar refractivity (Wildman–Crippen MR) is 94.8 cm³/mol. The molecule has 5 nitrogen and oxygen atoms in total. The lowest BCUT2D eigenvalue weighted by Crippen LogP contribution is -2.56. The molecule has 0 bridgehead atoms. The van der Waals surface area contributed by atoms with E-state index < -0.39 is 6.04 Å². The first-order chi connectivity index (χ1) is 11.5. The summed E-state index contributed by atoms with van der Waals surface area (Å²) in [5.41, 5.74) is 8.91. The highest BCUT2D eigenvalue weighted by Gasteiger charge is 2.40. The Hall–Kier alpha value is -1.43. The van der Waals surface area contributed by atoms with Crippen molar-refractivity contribution in [1.82, 2.24) is 10.2 Å². The van der Waals surface area contributed by atoms with Crippen molar-refractivity contribution in [3.63, 3.8) is 0 Å². The third kappa shape index (κ3) is 3.48. The number of amides is 1. The van der Waals surface area contributed by atoms with Crippen LogP contribution in [0.4, 0.5) is 0 Å². The Bertz CT molecular complexity index is 557. The maximum atomic E-state index is 12.5. The van der Waals surface area contributed by atoms with Crippen LogP contribution in [-0.2, 0) is 22.4 Å². The lowest BCUT2D eigenvalue weighted by molar-refractivity contribution is -0.124. The number of nitrogens with two attached hydrogens (primary N) is 1. The standard InChI is InChI=1S/C19H29N3O2/c1-22(2)19(11-15-5-3-4-6-16(15)12-19)13-21-18(23)17(20)14-7-9-24-10-8-14/h3-6,14,17H,7-13,20H2,1-2H3,(H,21,23). The molecule has 1 amide bonds. The van der Waals surface area contributed by atoms with Crippen LogP contribution in [0.1, 0.15) is 24.0 Å². The highest BCUT2D eigenvalue weighted by Crippen LogP contribution is 2.33. The van der Waals surface area contributed by atoms with Gasteiger partial charge in [0.05, 0.1) is 6.04 Å². The van der Waals surface area contributed by atoms with Crippen molar-refractivity contribution in [3.8, 4) is 0 Å². The Morgan fingerprint density at radius 3 is 2.42 bits per heavy atom. The van der Waals surface area contributed by atoms with Gasteiger partial charge >= 0.3 is 0 Å². The van der Waals surface area contributed by atoms with Gasteiger partial charge in [0.25, 0.3) is 0 Å². The van der Waals surface area contributed by atoms with Gasteiger partial charge in [0, 0.05) is 25.3 Å².